The summed E-state index contributed by atoms with van der Waals surface area (Å²) in [6, 6.07) is 8.39. The number of aryl methyl sites for hydroxylation is 1. The van der Waals surface area contributed by atoms with Gasteiger partial charge in [0.15, 0.2) is 0 Å². The Kier molecular flexibility index (Phi) is 4.68. The SMILES string of the molecule is CCNC(=O)c1c(N)sc(C)c1-c1ccc(C(C)C)cc1. The van der Waals surface area contributed by atoms with Crippen LogP contribution in [0, 0.1) is 6.92 Å². The van der Waals surface area contributed by atoms with Crippen LogP contribution in [0.15, 0.2) is 24.3 Å². The van der Waals surface area contributed by atoms with E-state index in [9.17, 15) is 4.79 Å². The number of hydrogen-bond donors (Lipinski definition) is 2. The number of thiophene rings is 1. The summed E-state index contributed by atoms with van der Waals surface area (Å²) in [6.45, 7) is 8.85. The monoisotopic (exact) mass is 302 g/mol. The van der Waals surface area contributed by atoms with Gasteiger partial charge < -0.3 is 11.1 Å². The van der Waals surface area contributed by atoms with Crippen molar-refractivity contribution in [3.05, 3.63) is 40.3 Å². The van der Waals surface area contributed by atoms with E-state index in [2.05, 4.69) is 43.4 Å². The Balaban J connectivity index is 2.50. The molecule has 0 spiro atoms. The van der Waals surface area contributed by atoms with E-state index in [0.29, 0.717) is 23.0 Å². The van der Waals surface area contributed by atoms with Crippen molar-refractivity contribution in [1.29, 1.82) is 0 Å². The molecular formula is C17H22N2OS. The molecule has 0 aliphatic carbocycles. The Morgan fingerprint density at radius 1 is 1.29 bits per heavy atom. The van der Waals surface area contributed by atoms with Crippen molar-refractivity contribution in [2.45, 2.75) is 33.6 Å². The number of nitrogens with one attached hydrogen (secondary N) is 1. The lowest BCUT2D eigenvalue weighted by Crippen LogP contribution is -2.23. The molecule has 2 aromatic rings. The minimum absolute atomic E-state index is 0.0951. The Bertz CT molecular complexity index is 642. The van der Waals surface area contributed by atoms with Crippen molar-refractivity contribution in [2.75, 3.05) is 12.3 Å². The van der Waals surface area contributed by atoms with E-state index in [0.717, 1.165) is 16.0 Å². The van der Waals surface area contributed by atoms with E-state index in [4.69, 9.17) is 5.73 Å². The van der Waals surface area contributed by atoms with Gasteiger partial charge in [0.2, 0.25) is 0 Å². The van der Waals surface area contributed by atoms with Crippen molar-refractivity contribution < 1.29 is 4.79 Å². The minimum Gasteiger partial charge on any atom is -0.390 e. The van der Waals surface area contributed by atoms with Gasteiger partial charge >= 0.3 is 0 Å². The Labute approximate surface area is 130 Å². The molecular weight excluding hydrogens is 280 g/mol. The van der Waals surface area contributed by atoms with Crippen molar-refractivity contribution in [3.63, 3.8) is 0 Å². The van der Waals surface area contributed by atoms with Gasteiger partial charge in [0.05, 0.1) is 10.6 Å². The summed E-state index contributed by atoms with van der Waals surface area (Å²) in [5.74, 6) is 0.401. The highest BCUT2D eigenvalue weighted by molar-refractivity contribution is 7.16. The Morgan fingerprint density at radius 2 is 1.90 bits per heavy atom. The number of hydrogen-bond acceptors (Lipinski definition) is 3. The number of benzene rings is 1. The second-order valence-corrected chi connectivity index (χ2v) is 6.66. The van der Waals surface area contributed by atoms with Crippen LogP contribution in [0.1, 0.15) is 47.5 Å². The summed E-state index contributed by atoms with van der Waals surface area (Å²) in [5.41, 5.74) is 9.95. The third kappa shape index (κ3) is 3.10. The highest BCUT2D eigenvalue weighted by Gasteiger charge is 2.21. The summed E-state index contributed by atoms with van der Waals surface area (Å²) < 4.78 is 0. The molecule has 0 bridgehead atoms. The molecule has 1 aromatic heterocycles. The lowest BCUT2D eigenvalue weighted by molar-refractivity contribution is 0.0957. The van der Waals surface area contributed by atoms with E-state index >= 15 is 0 Å². The van der Waals surface area contributed by atoms with E-state index in [1.165, 1.54) is 16.9 Å². The van der Waals surface area contributed by atoms with Gasteiger partial charge in [-0.05, 0) is 30.9 Å². The molecule has 4 heteroatoms. The third-order valence-corrected chi connectivity index (χ3v) is 4.48. The number of nitrogen functional groups attached to an aromatic ring is 1. The van der Waals surface area contributed by atoms with E-state index in [1.807, 2.05) is 13.8 Å². The van der Waals surface area contributed by atoms with Gasteiger partial charge in [-0.25, -0.2) is 0 Å². The molecule has 0 aliphatic rings. The van der Waals surface area contributed by atoms with Crippen LogP contribution in [-0.4, -0.2) is 12.5 Å². The van der Waals surface area contributed by atoms with Gasteiger partial charge in [0.25, 0.3) is 5.91 Å². The topological polar surface area (TPSA) is 55.1 Å². The summed E-state index contributed by atoms with van der Waals surface area (Å²) in [7, 11) is 0. The molecule has 21 heavy (non-hydrogen) atoms. The lowest BCUT2D eigenvalue weighted by Gasteiger charge is -2.09. The smallest absolute Gasteiger partial charge is 0.254 e. The van der Waals surface area contributed by atoms with E-state index in [-0.39, 0.29) is 5.91 Å². The molecule has 0 unspecified atom stereocenters. The molecule has 1 aromatic carbocycles. The van der Waals surface area contributed by atoms with Crippen LogP contribution >= 0.6 is 11.3 Å². The van der Waals surface area contributed by atoms with E-state index in [1.54, 1.807) is 0 Å². The summed E-state index contributed by atoms with van der Waals surface area (Å²) in [4.78, 5) is 13.3. The molecule has 3 N–H and O–H groups in total. The fourth-order valence-electron chi connectivity index (χ4n) is 2.42. The Hall–Kier alpha value is -1.81. The fraction of sp³-hybridized carbons (Fsp3) is 0.353. The van der Waals surface area contributed by atoms with Crippen LogP contribution in [0.5, 0.6) is 0 Å². The second kappa shape index (κ2) is 6.31. The van der Waals surface area contributed by atoms with Gasteiger partial charge in [0.1, 0.15) is 0 Å². The molecule has 3 nitrogen and oxygen atoms in total. The van der Waals surface area contributed by atoms with Crippen molar-refractivity contribution in [3.8, 4) is 11.1 Å². The largest absolute Gasteiger partial charge is 0.390 e. The van der Waals surface area contributed by atoms with Crippen molar-refractivity contribution in [2.24, 2.45) is 0 Å². The first-order valence-electron chi connectivity index (χ1n) is 7.23. The maximum Gasteiger partial charge on any atom is 0.254 e. The number of carbonyl (C=O) groups is 1. The molecule has 0 saturated heterocycles. The van der Waals surface area contributed by atoms with Crippen LogP contribution in [0.25, 0.3) is 11.1 Å². The fourth-order valence-corrected chi connectivity index (χ4v) is 3.37. The predicted molar refractivity (Wildman–Crippen MR) is 91.0 cm³/mol. The third-order valence-electron chi connectivity index (χ3n) is 3.54. The molecule has 0 atom stereocenters. The van der Waals surface area contributed by atoms with Crippen molar-refractivity contribution >= 4 is 22.2 Å². The molecule has 0 fully saturated rings. The zero-order valence-electron chi connectivity index (χ0n) is 13.0. The molecule has 0 radical (unpaired) electrons. The first kappa shape index (κ1) is 15.6. The normalized spacial score (nSPS) is 10.9. The van der Waals surface area contributed by atoms with Gasteiger partial charge in [-0.15, -0.1) is 11.3 Å². The highest BCUT2D eigenvalue weighted by Crippen LogP contribution is 2.38. The first-order chi connectivity index (χ1) is 9.95. The average molecular weight is 302 g/mol. The zero-order valence-corrected chi connectivity index (χ0v) is 13.8. The summed E-state index contributed by atoms with van der Waals surface area (Å²) >= 11 is 1.47. The molecule has 2 rings (SSSR count). The predicted octanol–water partition coefficient (Wildman–Crippen LogP) is 4.18. The van der Waals surface area contributed by atoms with Gasteiger partial charge in [-0.1, -0.05) is 38.1 Å². The number of amides is 1. The number of anilines is 1. The average Bonchev–Trinajstić information content (AvgIpc) is 2.73. The second-order valence-electron chi connectivity index (χ2n) is 5.41. The molecule has 1 heterocycles. The zero-order chi connectivity index (χ0) is 15.6. The Morgan fingerprint density at radius 3 is 2.43 bits per heavy atom. The van der Waals surface area contributed by atoms with Crippen LogP contribution in [0.4, 0.5) is 5.00 Å². The standard InChI is InChI=1S/C17H22N2OS/c1-5-19-17(20)15-14(11(4)21-16(15)18)13-8-6-12(7-9-13)10(2)3/h6-10H,5,18H2,1-4H3,(H,19,20). The van der Waals surface area contributed by atoms with Crippen molar-refractivity contribution in [1.82, 2.24) is 5.32 Å². The molecule has 0 aliphatic heterocycles. The maximum atomic E-state index is 12.3. The lowest BCUT2D eigenvalue weighted by atomic mass is 9.96. The molecule has 1 amide bonds. The number of carbonyl (C=O) groups excluding carboxylic acids is 1. The van der Waals surface area contributed by atoms with E-state index < -0.39 is 0 Å². The van der Waals surface area contributed by atoms with Crippen LogP contribution in [0.2, 0.25) is 0 Å². The summed E-state index contributed by atoms with van der Waals surface area (Å²) in [6.07, 6.45) is 0. The highest BCUT2D eigenvalue weighted by atomic mass is 32.1. The minimum atomic E-state index is -0.0951. The first-order valence-corrected chi connectivity index (χ1v) is 8.04. The van der Waals surface area contributed by atoms with Gasteiger partial charge in [-0.3, -0.25) is 4.79 Å². The van der Waals surface area contributed by atoms with Gasteiger partial charge in [-0.2, -0.15) is 0 Å². The summed E-state index contributed by atoms with van der Waals surface area (Å²) in [5, 5.41) is 3.43. The van der Waals surface area contributed by atoms with Gasteiger partial charge in [0, 0.05) is 17.0 Å². The number of nitrogens with two attached hydrogens (primary N) is 1. The van der Waals surface area contributed by atoms with Crippen LogP contribution < -0.4 is 11.1 Å². The number of rotatable bonds is 4. The van der Waals surface area contributed by atoms with Crippen LogP contribution in [0.3, 0.4) is 0 Å². The molecule has 112 valence electrons. The van der Waals surface area contributed by atoms with Crippen LogP contribution in [-0.2, 0) is 0 Å². The maximum absolute atomic E-state index is 12.3. The quantitative estimate of drug-likeness (QED) is 0.890. The molecule has 0 saturated carbocycles.